The number of carbonyl (C=O) groups is 3. The molecule has 1 aliphatic rings. The summed E-state index contributed by atoms with van der Waals surface area (Å²) in [7, 11) is 0. The average molecular weight is 290 g/mol. The minimum absolute atomic E-state index is 0.0127. The number of hydrogen-bond donors (Lipinski definition) is 3. The van der Waals surface area contributed by atoms with E-state index in [1.165, 1.54) is 12.1 Å². The molecule has 1 aromatic carbocycles. The lowest BCUT2D eigenvalue weighted by Gasteiger charge is -2.08. The zero-order valence-corrected chi connectivity index (χ0v) is 11.8. The standard InChI is InChI=1S/C15H18N2O4/c1-9-8-11(9)14(19)16-7-6-13(18)17-12-5-3-2-4-10(12)15(20)21/h2-5,9,11H,6-8H2,1H3,(H,16,19)(H,17,18)(H,20,21). The van der Waals surface area contributed by atoms with Gasteiger partial charge in [0, 0.05) is 18.9 Å². The fourth-order valence-corrected chi connectivity index (χ4v) is 2.11. The molecule has 112 valence electrons. The van der Waals surface area contributed by atoms with Crippen molar-refractivity contribution in [3.63, 3.8) is 0 Å². The van der Waals surface area contributed by atoms with Gasteiger partial charge in [-0.1, -0.05) is 19.1 Å². The fourth-order valence-electron chi connectivity index (χ4n) is 2.11. The summed E-state index contributed by atoms with van der Waals surface area (Å²) < 4.78 is 0. The summed E-state index contributed by atoms with van der Waals surface area (Å²) in [6.45, 7) is 2.27. The summed E-state index contributed by atoms with van der Waals surface area (Å²) in [5, 5.41) is 14.3. The number of nitrogens with one attached hydrogen (secondary N) is 2. The van der Waals surface area contributed by atoms with Gasteiger partial charge < -0.3 is 15.7 Å². The van der Waals surface area contributed by atoms with Crippen molar-refractivity contribution in [1.29, 1.82) is 0 Å². The maximum Gasteiger partial charge on any atom is 0.337 e. The van der Waals surface area contributed by atoms with Crippen LogP contribution in [0.4, 0.5) is 5.69 Å². The Hall–Kier alpha value is -2.37. The highest BCUT2D eigenvalue weighted by Crippen LogP contribution is 2.37. The second kappa shape index (κ2) is 6.39. The predicted molar refractivity (Wildman–Crippen MR) is 76.9 cm³/mol. The number of anilines is 1. The number of hydrogen-bond acceptors (Lipinski definition) is 3. The van der Waals surface area contributed by atoms with Crippen molar-refractivity contribution >= 4 is 23.5 Å². The summed E-state index contributed by atoms with van der Waals surface area (Å²) in [6.07, 6.45) is 1.02. The third kappa shape index (κ3) is 4.05. The number of para-hydroxylation sites is 1. The molecule has 2 rings (SSSR count). The van der Waals surface area contributed by atoms with Crippen LogP contribution in [0.2, 0.25) is 0 Å². The van der Waals surface area contributed by atoms with E-state index < -0.39 is 5.97 Å². The fraction of sp³-hybridized carbons (Fsp3) is 0.400. The minimum atomic E-state index is -1.10. The molecule has 0 aromatic heterocycles. The molecule has 0 aliphatic heterocycles. The number of carboxylic acids is 1. The molecule has 0 saturated heterocycles. The van der Waals surface area contributed by atoms with E-state index in [-0.39, 0.29) is 41.9 Å². The van der Waals surface area contributed by atoms with Gasteiger partial charge in [-0.05, 0) is 24.5 Å². The quantitative estimate of drug-likeness (QED) is 0.739. The lowest BCUT2D eigenvalue weighted by atomic mass is 10.2. The summed E-state index contributed by atoms with van der Waals surface area (Å²) in [5.41, 5.74) is 0.304. The smallest absolute Gasteiger partial charge is 0.337 e. The van der Waals surface area contributed by atoms with Crippen molar-refractivity contribution in [2.24, 2.45) is 11.8 Å². The molecule has 3 N–H and O–H groups in total. The molecule has 0 heterocycles. The predicted octanol–water partition coefficient (Wildman–Crippen LogP) is 1.49. The van der Waals surface area contributed by atoms with Crippen LogP contribution in [0.1, 0.15) is 30.1 Å². The van der Waals surface area contributed by atoms with Crippen LogP contribution >= 0.6 is 0 Å². The second-order valence-electron chi connectivity index (χ2n) is 5.26. The summed E-state index contributed by atoms with van der Waals surface area (Å²) in [6, 6.07) is 6.20. The molecule has 2 unspecified atom stereocenters. The van der Waals surface area contributed by atoms with Crippen LogP contribution in [-0.2, 0) is 9.59 Å². The maximum absolute atomic E-state index is 11.8. The molecule has 6 nitrogen and oxygen atoms in total. The first kappa shape index (κ1) is 15.0. The van der Waals surface area contributed by atoms with Gasteiger partial charge >= 0.3 is 5.97 Å². The molecule has 0 radical (unpaired) electrons. The third-order valence-electron chi connectivity index (χ3n) is 3.53. The van der Waals surface area contributed by atoms with Crippen molar-refractivity contribution in [1.82, 2.24) is 5.32 Å². The topological polar surface area (TPSA) is 95.5 Å². The molecule has 2 amide bonds. The van der Waals surface area contributed by atoms with Crippen LogP contribution in [0.25, 0.3) is 0 Å². The Morgan fingerprint density at radius 3 is 2.57 bits per heavy atom. The zero-order chi connectivity index (χ0) is 15.4. The summed E-state index contributed by atoms with van der Waals surface area (Å²) >= 11 is 0. The lowest BCUT2D eigenvalue weighted by Crippen LogP contribution is -2.29. The first-order valence-corrected chi connectivity index (χ1v) is 6.89. The summed E-state index contributed by atoms with van der Waals surface area (Å²) in [4.78, 5) is 34.4. The number of carboxylic acid groups (broad SMARTS) is 1. The van der Waals surface area contributed by atoms with Gasteiger partial charge in [0.2, 0.25) is 11.8 Å². The van der Waals surface area contributed by atoms with Crippen molar-refractivity contribution < 1.29 is 19.5 Å². The van der Waals surface area contributed by atoms with E-state index in [1.54, 1.807) is 12.1 Å². The largest absolute Gasteiger partial charge is 0.478 e. The molecular formula is C15H18N2O4. The van der Waals surface area contributed by atoms with Crippen molar-refractivity contribution in [3.05, 3.63) is 29.8 Å². The Balaban J connectivity index is 1.79. The minimum Gasteiger partial charge on any atom is -0.478 e. The molecule has 21 heavy (non-hydrogen) atoms. The Bertz CT molecular complexity index is 571. The molecule has 1 saturated carbocycles. The van der Waals surface area contributed by atoms with E-state index in [0.717, 1.165) is 6.42 Å². The molecule has 0 bridgehead atoms. The monoisotopic (exact) mass is 290 g/mol. The van der Waals surface area contributed by atoms with Gasteiger partial charge in [0.1, 0.15) is 0 Å². The van der Waals surface area contributed by atoms with Crippen molar-refractivity contribution in [2.45, 2.75) is 19.8 Å². The van der Waals surface area contributed by atoms with Crippen molar-refractivity contribution in [2.75, 3.05) is 11.9 Å². The van der Waals surface area contributed by atoms with E-state index in [1.807, 2.05) is 6.92 Å². The highest BCUT2D eigenvalue weighted by atomic mass is 16.4. The Kier molecular flexibility index (Phi) is 4.57. The van der Waals surface area contributed by atoms with Gasteiger partial charge in [-0.3, -0.25) is 9.59 Å². The van der Waals surface area contributed by atoms with E-state index in [4.69, 9.17) is 5.11 Å². The molecule has 0 spiro atoms. The van der Waals surface area contributed by atoms with E-state index in [0.29, 0.717) is 5.92 Å². The van der Waals surface area contributed by atoms with E-state index >= 15 is 0 Å². The first-order chi connectivity index (χ1) is 9.99. The Morgan fingerprint density at radius 2 is 1.95 bits per heavy atom. The van der Waals surface area contributed by atoms with Crippen LogP contribution in [-0.4, -0.2) is 29.4 Å². The highest BCUT2D eigenvalue weighted by molar-refractivity contribution is 6.00. The van der Waals surface area contributed by atoms with Gasteiger partial charge in [-0.25, -0.2) is 4.79 Å². The molecular weight excluding hydrogens is 272 g/mol. The van der Waals surface area contributed by atoms with Gasteiger partial charge in [0.05, 0.1) is 11.3 Å². The Morgan fingerprint density at radius 1 is 1.29 bits per heavy atom. The third-order valence-corrected chi connectivity index (χ3v) is 3.53. The van der Waals surface area contributed by atoms with E-state index in [9.17, 15) is 14.4 Å². The van der Waals surface area contributed by atoms with Gasteiger partial charge in [-0.2, -0.15) is 0 Å². The van der Waals surface area contributed by atoms with Gasteiger partial charge in [0.25, 0.3) is 0 Å². The van der Waals surface area contributed by atoms with Crippen LogP contribution in [0.3, 0.4) is 0 Å². The number of carbonyl (C=O) groups excluding carboxylic acids is 2. The zero-order valence-electron chi connectivity index (χ0n) is 11.8. The van der Waals surface area contributed by atoms with Crippen LogP contribution in [0.5, 0.6) is 0 Å². The second-order valence-corrected chi connectivity index (χ2v) is 5.26. The van der Waals surface area contributed by atoms with Crippen LogP contribution in [0.15, 0.2) is 24.3 Å². The van der Waals surface area contributed by atoms with Crippen molar-refractivity contribution in [3.8, 4) is 0 Å². The van der Waals surface area contributed by atoms with Gasteiger partial charge in [-0.15, -0.1) is 0 Å². The number of aromatic carboxylic acids is 1. The van der Waals surface area contributed by atoms with Crippen LogP contribution in [0, 0.1) is 11.8 Å². The lowest BCUT2D eigenvalue weighted by molar-refractivity contribution is -0.122. The molecule has 1 aliphatic carbocycles. The Labute approximate surface area is 122 Å². The SMILES string of the molecule is CC1CC1C(=O)NCCC(=O)Nc1ccccc1C(=O)O. The highest BCUT2D eigenvalue weighted by Gasteiger charge is 2.38. The summed E-state index contributed by atoms with van der Waals surface area (Å²) in [5.74, 6) is -0.918. The maximum atomic E-state index is 11.8. The molecule has 1 fully saturated rings. The average Bonchev–Trinajstić information content (AvgIpc) is 3.16. The number of rotatable bonds is 6. The normalized spacial score (nSPS) is 19.7. The number of benzene rings is 1. The van der Waals surface area contributed by atoms with Gasteiger partial charge in [0.15, 0.2) is 0 Å². The number of amides is 2. The van der Waals surface area contributed by atoms with E-state index in [2.05, 4.69) is 10.6 Å². The molecule has 6 heteroatoms. The molecule has 2 atom stereocenters. The molecule has 1 aromatic rings. The van der Waals surface area contributed by atoms with Crippen LogP contribution < -0.4 is 10.6 Å². The first-order valence-electron chi connectivity index (χ1n) is 6.89.